The maximum Gasteiger partial charge on any atom is 0.127 e. The zero-order chi connectivity index (χ0) is 11.4. The third-order valence-corrected chi connectivity index (χ3v) is 3.67. The summed E-state index contributed by atoms with van der Waals surface area (Å²) in [5, 5.41) is 3.45. The zero-order valence-electron chi connectivity index (χ0n) is 9.75. The van der Waals surface area contributed by atoms with Gasteiger partial charge in [0.15, 0.2) is 0 Å². The predicted octanol–water partition coefficient (Wildman–Crippen LogP) is 3.14. The van der Waals surface area contributed by atoms with Gasteiger partial charge >= 0.3 is 0 Å². The third-order valence-electron chi connectivity index (χ3n) is 2.55. The van der Waals surface area contributed by atoms with Crippen LogP contribution in [-0.4, -0.2) is 19.4 Å². The molecule has 16 heavy (non-hydrogen) atoms. The van der Waals surface area contributed by atoms with Gasteiger partial charge in [0.1, 0.15) is 5.75 Å². The molecule has 1 aliphatic heterocycles. The van der Waals surface area contributed by atoms with Crippen molar-refractivity contribution in [1.82, 2.24) is 5.32 Å². The molecule has 3 heteroatoms. The molecule has 0 unspecified atom stereocenters. The average molecular weight is 235 g/mol. The van der Waals surface area contributed by atoms with Crippen molar-refractivity contribution in [3.05, 3.63) is 29.5 Å². The SMILES string of the molecule is CCCNC1=Cc2c(OC)cccc2SC1. The van der Waals surface area contributed by atoms with E-state index in [0.29, 0.717) is 0 Å². The number of nitrogens with one attached hydrogen (secondary N) is 1. The van der Waals surface area contributed by atoms with Crippen LogP contribution in [0.2, 0.25) is 0 Å². The maximum atomic E-state index is 5.38. The lowest BCUT2D eigenvalue weighted by Crippen LogP contribution is -2.17. The van der Waals surface area contributed by atoms with Crippen molar-refractivity contribution in [2.45, 2.75) is 18.2 Å². The number of thioether (sulfide) groups is 1. The molecule has 1 N–H and O–H groups in total. The number of hydrogen-bond acceptors (Lipinski definition) is 3. The second-order valence-corrected chi connectivity index (χ2v) is 4.77. The molecular weight excluding hydrogens is 218 g/mol. The van der Waals surface area contributed by atoms with Gasteiger partial charge in [-0.2, -0.15) is 0 Å². The Morgan fingerprint density at radius 1 is 1.44 bits per heavy atom. The fourth-order valence-corrected chi connectivity index (χ4v) is 2.72. The number of methoxy groups -OCH3 is 1. The zero-order valence-corrected chi connectivity index (χ0v) is 10.6. The van der Waals surface area contributed by atoms with Gasteiger partial charge in [-0.3, -0.25) is 0 Å². The number of rotatable bonds is 4. The summed E-state index contributed by atoms with van der Waals surface area (Å²) < 4.78 is 5.38. The average Bonchev–Trinajstić information content (AvgIpc) is 2.35. The minimum absolute atomic E-state index is 0.959. The summed E-state index contributed by atoms with van der Waals surface area (Å²) in [6, 6.07) is 6.21. The van der Waals surface area contributed by atoms with Crippen LogP contribution in [-0.2, 0) is 0 Å². The summed E-state index contributed by atoms with van der Waals surface area (Å²) in [4.78, 5) is 1.31. The van der Waals surface area contributed by atoms with Crippen LogP contribution in [0.25, 0.3) is 6.08 Å². The van der Waals surface area contributed by atoms with Crippen LogP contribution in [0.3, 0.4) is 0 Å². The molecule has 0 fully saturated rings. The van der Waals surface area contributed by atoms with Crippen molar-refractivity contribution in [3.63, 3.8) is 0 Å². The van der Waals surface area contributed by atoms with Gasteiger partial charge in [-0.15, -0.1) is 11.8 Å². The summed E-state index contributed by atoms with van der Waals surface area (Å²) in [5.74, 6) is 1.99. The normalized spacial score (nSPS) is 14.0. The van der Waals surface area contributed by atoms with Gasteiger partial charge in [0.05, 0.1) is 7.11 Å². The molecule has 2 rings (SSSR count). The van der Waals surface area contributed by atoms with Crippen LogP contribution in [0.15, 0.2) is 28.8 Å². The highest BCUT2D eigenvalue weighted by Crippen LogP contribution is 2.36. The highest BCUT2D eigenvalue weighted by Gasteiger charge is 2.13. The molecule has 0 saturated carbocycles. The Hall–Kier alpha value is -1.09. The largest absolute Gasteiger partial charge is 0.496 e. The van der Waals surface area contributed by atoms with Crippen molar-refractivity contribution < 1.29 is 4.74 Å². The fourth-order valence-electron chi connectivity index (χ4n) is 1.73. The lowest BCUT2D eigenvalue weighted by Gasteiger charge is -2.19. The Morgan fingerprint density at radius 2 is 2.31 bits per heavy atom. The van der Waals surface area contributed by atoms with E-state index in [-0.39, 0.29) is 0 Å². The monoisotopic (exact) mass is 235 g/mol. The molecule has 0 aromatic heterocycles. The number of ether oxygens (including phenoxy) is 1. The van der Waals surface area contributed by atoms with Gasteiger partial charge in [0.2, 0.25) is 0 Å². The van der Waals surface area contributed by atoms with Crippen LogP contribution < -0.4 is 10.1 Å². The van der Waals surface area contributed by atoms with Crippen LogP contribution in [0.5, 0.6) is 5.75 Å². The van der Waals surface area contributed by atoms with Crippen molar-refractivity contribution in [1.29, 1.82) is 0 Å². The van der Waals surface area contributed by atoms with Gasteiger partial charge in [-0.25, -0.2) is 0 Å². The molecule has 1 aromatic carbocycles. The first-order chi connectivity index (χ1) is 7.85. The molecule has 0 aliphatic carbocycles. The summed E-state index contributed by atoms with van der Waals surface area (Å²) >= 11 is 1.87. The second kappa shape index (κ2) is 5.30. The molecule has 0 bridgehead atoms. The van der Waals surface area contributed by atoms with Gasteiger partial charge < -0.3 is 10.1 Å². The Bertz CT molecular complexity index is 401. The van der Waals surface area contributed by atoms with E-state index in [4.69, 9.17) is 4.74 Å². The minimum atomic E-state index is 0.959. The standard InChI is InChI=1S/C13H17NOS/c1-3-7-14-10-8-11-12(15-2)5-4-6-13(11)16-9-10/h4-6,8,14H,3,7,9H2,1-2H3. The van der Waals surface area contributed by atoms with Gasteiger partial charge in [0.25, 0.3) is 0 Å². The van der Waals surface area contributed by atoms with Crippen molar-refractivity contribution in [3.8, 4) is 5.75 Å². The lowest BCUT2D eigenvalue weighted by molar-refractivity contribution is 0.412. The van der Waals surface area contributed by atoms with Crippen molar-refractivity contribution in [2.24, 2.45) is 0 Å². The molecule has 86 valence electrons. The van der Waals surface area contributed by atoms with Gasteiger partial charge in [-0.05, 0) is 24.6 Å². The van der Waals surface area contributed by atoms with Crippen LogP contribution in [0.4, 0.5) is 0 Å². The first-order valence-electron chi connectivity index (χ1n) is 5.59. The van der Waals surface area contributed by atoms with E-state index in [9.17, 15) is 0 Å². The maximum absolute atomic E-state index is 5.38. The third kappa shape index (κ3) is 2.35. The van der Waals surface area contributed by atoms with Gasteiger partial charge in [0, 0.05) is 28.5 Å². The van der Waals surface area contributed by atoms with E-state index in [1.807, 2.05) is 23.9 Å². The van der Waals surface area contributed by atoms with Crippen LogP contribution in [0.1, 0.15) is 18.9 Å². The van der Waals surface area contributed by atoms with E-state index in [0.717, 1.165) is 24.5 Å². The van der Waals surface area contributed by atoms with E-state index < -0.39 is 0 Å². The molecule has 1 aromatic rings. The van der Waals surface area contributed by atoms with Crippen LogP contribution in [0, 0.1) is 0 Å². The smallest absolute Gasteiger partial charge is 0.127 e. The highest BCUT2D eigenvalue weighted by atomic mass is 32.2. The van der Waals surface area contributed by atoms with Gasteiger partial charge in [-0.1, -0.05) is 13.0 Å². The van der Waals surface area contributed by atoms with Crippen LogP contribution >= 0.6 is 11.8 Å². The fraction of sp³-hybridized carbons (Fsp3) is 0.385. The molecule has 0 radical (unpaired) electrons. The Balaban J connectivity index is 2.26. The lowest BCUT2D eigenvalue weighted by atomic mass is 10.1. The first kappa shape index (κ1) is 11.4. The Kier molecular flexibility index (Phi) is 3.78. The first-order valence-corrected chi connectivity index (χ1v) is 6.58. The molecule has 0 amide bonds. The molecule has 0 spiro atoms. The minimum Gasteiger partial charge on any atom is -0.496 e. The summed E-state index contributed by atoms with van der Waals surface area (Å²) in [6.45, 7) is 3.22. The summed E-state index contributed by atoms with van der Waals surface area (Å²) in [7, 11) is 1.72. The van der Waals surface area contributed by atoms with E-state index >= 15 is 0 Å². The molecule has 2 nitrogen and oxygen atoms in total. The molecule has 1 heterocycles. The Labute approximate surface area is 101 Å². The molecular formula is C13H17NOS. The molecule has 0 saturated heterocycles. The van der Waals surface area contributed by atoms with E-state index in [1.54, 1.807) is 7.11 Å². The number of fused-ring (bicyclic) bond motifs is 1. The highest BCUT2D eigenvalue weighted by molar-refractivity contribution is 7.99. The topological polar surface area (TPSA) is 21.3 Å². The number of hydrogen-bond donors (Lipinski definition) is 1. The molecule has 0 atom stereocenters. The number of benzene rings is 1. The Morgan fingerprint density at radius 3 is 3.06 bits per heavy atom. The second-order valence-electron chi connectivity index (χ2n) is 3.76. The predicted molar refractivity (Wildman–Crippen MR) is 70.0 cm³/mol. The summed E-state index contributed by atoms with van der Waals surface area (Å²) in [5.41, 5.74) is 2.50. The molecule has 1 aliphatic rings. The van der Waals surface area contributed by atoms with E-state index in [2.05, 4.69) is 24.4 Å². The van der Waals surface area contributed by atoms with Crippen molar-refractivity contribution in [2.75, 3.05) is 19.4 Å². The van der Waals surface area contributed by atoms with E-state index in [1.165, 1.54) is 16.2 Å². The quantitative estimate of drug-likeness (QED) is 0.866. The van der Waals surface area contributed by atoms with Crippen molar-refractivity contribution >= 4 is 17.8 Å². The summed E-state index contributed by atoms with van der Waals surface area (Å²) in [6.07, 6.45) is 3.36.